The smallest absolute Gasteiger partial charge is 0.143 e. The van der Waals surface area contributed by atoms with Crippen molar-refractivity contribution in [3.05, 3.63) is 48.5 Å². The largest absolute Gasteiger partial charge is 0.495 e. The lowest BCUT2D eigenvalue weighted by molar-refractivity contribution is 0.417. The first-order valence-corrected chi connectivity index (χ1v) is 7.03. The molecule has 2 aromatic rings. The van der Waals surface area contributed by atoms with E-state index >= 15 is 0 Å². The maximum absolute atomic E-state index is 6.24. The molecular weight excluding hydrogens is 248 g/mol. The van der Waals surface area contributed by atoms with Crippen LogP contribution in [0.15, 0.2) is 48.5 Å². The number of benzene rings is 2. The van der Waals surface area contributed by atoms with Gasteiger partial charge in [0.1, 0.15) is 5.75 Å². The molecule has 0 fully saturated rings. The minimum atomic E-state index is 0.690. The van der Waals surface area contributed by atoms with E-state index < -0.39 is 0 Å². The zero-order valence-corrected chi connectivity index (χ0v) is 12.2. The number of methoxy groups -OCH3 is 1. The second kappa shape index (κ2) is 6.85. The topological polar surface area (TPSA) is 38.5 Å². The van der Waals surface area contributed by atoms with Gasteiger partial charge in [0.2, 0.25) is 0 Å². The minimum absolute atomic E-state index is 0.690. The summed E-state index contributed by atoms with van der Waals surface area (Å²) in [5, 5.41) is 0. The summed E-state index contributed by atoms with van der Waals surface area (Å²) < 4.78 is 5.32. The molecule has 0 amide bonds. The third-order valence-electron chi connectivity index (χ3n) is 3.36. The number of hydrogen-bond donors (Lipinski definition) is 1. The van der Waals surface area contributed by atoms with Crippen molar-refractivity contribution < 1.29 is 4.74 Å². The highest BCUT2D eigenvalue weighted by Crippen LogP contribution is 2.36. The Hall–Kier alpha value is -2.16. The molecule has 2 aromatic carbocycles. The molecule has 0 unspecified atom stereocenters. The molecule has 106 valence electrons. The highest BCUT2D eigenvalue weighted by atomic mass is 16.5. The Labute approximate surface area is 121 Å². The third-order valence-corrected chi connectivity index (χ3v) is 3.36. The number of para-hydroxylation sites is 2. The van der Waals surface area contributed by atoms with Crippen LogP contribution >= 0.6 is 0 Å². The molecule has 0 aliphatic rings. The summed E-state index contributed by atoms with van der Waals surface area (Å²) in [6, 6.07) is 16.2. The molecule has 0 saturated heterocycles. The Morgan fingerprint density at radius 3 is 2.45 bits per heavy atom. The molecule has 3 nitrogen and oxygen atoms in total. The molecule has 0 aliphatic carbocycles. The fraction of sp³-hybridized carbons (Fsp3) is 0.294. The van der Waals surface area contributed by atoms with Crippen LogP contribution in [0, 0.1) is 0 Å². The minimum Gasteiger partial charge on any atom is -0.495 e. The normalized spacial score (nSPS) is 10.3. The summed E-state index contributed by atoms with van der Waals surface area (Å²) in [6.07, 6.45) is 2.26. The van der Waals surface area contributed by atoms with E-state index in [-0.39, 0.29) is 0 Å². The zero-order chi connectivity index (χ0) is 14.4. The van der Waals surface area contributed by atoms with Crippen LogP contribution in [0.25, 0.3) is 0 Å². The van der Waals surface area contributed by atoms with Crippen LogP contribution in [0.5, 0.6) is 5.75 Å². The SMILES string of the molecule is CCCCN(c1ccccc1)c1cccc(OC)c1N. The molecule has 2 N–H and O–H groups in total. The van der Waals surface area contributed by atoms with Crippen molar-refractivity contribution in [2.24, 2.45) is 0 Å². The van der Waals surface area contributed by atoms with Crippen LogP contribution in [0.3, 0.4) is 0 Å². The summed E-state index contributed by atoms with van der Waals surface area (Å²) in [5.41, 5.74) is 9.08. The summed E-state index contributed by atoms with van der Waals surface area (Å²) in [7, 11) is 1.65. The molecule has 2 rings (SSSR count). The predicted molar refractivity (Wildman–Crippen MR) is 85.8 cm³/mol. The van der Waals surface area contributed by atoms with Crippen LogP contribution in [0.2, 0.25) is 0 Å². The third kappa shape index (κ3) is 3.05. The van der Waals surface area contributed by atoms with Gasteiger partial charge in [0.25, 0.3) is 0 Å². The van der Waals surface area contributed by atoms with Gasteiger partial charge >= 0.3 is 0 Å². The number of anilines is 3. The lowest BCUT2D eigenvalue weighted by atomic mass is 10.1. The van der Waals surface area contributed by atoms with E-state index in [4.69, 9.17) is 10.5 Å². The Balaban J connectivity index is 2.41. The van der Waals surface area contributed by atoms with E-state index in [0.717, 1.165) is 36.5 Å². The number of rotatable bonds is 6. The number of nitrogens with two attached hydrogens (primary N) is 1. The van der Waals surface area contributed by atoms with Crippen LogP contribution in [-0.4, -0.2) is 13.7 Å². The first-order valence-electron chi connectivity index (χ1n) is 7.03. The summed E-state index contributed by atoms with van der Waals surface area (Å²) in [6.45, 7) is 3.13. The van der Waals surface area contributed by atoms with Gasteiger partial charge < -0.3 is 15.4 Å². The first-order chi connectivity index (χ1) is 9.77. The number of unbranched alkanes of at least 4 members (excludes halogenated alkanes) is 1. The van der Waals surface area contributed by atoms with E-state index in [1.165, 1.54) is 0 Å². The van der Waals surface area contributed by atoms with Gasteiger partial charge in [0.05, 0.1) is 18.5 Å². The van der Waals surface area contributed by atoms with Gasteiger partial charge in [-0.15, -0.1) is 0 Å². The molecule has 0 aromatic heterocycles. The number of ether oxygens (including phenoxy) is 1. The molecule has 0 atom stereocenters. The molecule has 0 heterocycles. The number of nitrogen functional groups attached to an aromatic ring is 1. The second-order valence-corrected chi connectivity index (χ2v) is 4.73. The van der Waals surface area contributed by atoms with Crippen molar-refractivity contribution >= 4 is 17.1 Å². The van der Waals surface area contributed by atoms with Crippen molar-refractivity contribution in [2.75, 3.05) is 24.3 Å². The van der Waals surface area contributed by atoms with Gasteiger partial charge in [-0.25, -0.2) is 0 Å². The average Bonchev–Trinajstić information content (AvgIpc) is 2.50. The fourth-order valence-corrected chi connectivity index (χ4v) is 2.26. The highest BCUT2D eigenvalue weighted by molar-refractivity contribution is 5.79. The van der Waals surface area contributed by atoms with Crippen molar-refractivity contribution in [3.63, 3.8) is 0 Å². The van der Waals surface area contributed by atoms with Crippen LogP contribution < -0.4 is 15.4 Å². The Kier molecular flexibility index (Phi) is 4.88. The van der Waals surface area contributed by atoms with Crippen molar-refractivity contribution in [3.8, 4) is 5.75 Å². The molecule has 20 heavy (non-hydrogen) atoms. The average molecular weight is 270 g/mol. The summed E-state index contributed by atoms with van der Waals surface area (Å²) in [5.74, 6) is 0.722. The van der Waals surface area contributed by atoms with Crippen molar-refractivity contribution in [1.29, 1.82) is 0 Å². The van der Waals surface area contributed by atoms with Gasteiger partial charge in [-0.3, -0.25) is 0 Å². The molecule has 0 saturated carbocycles. The summed E-state index contributed by atoms with van der Waals surface area (Å²) in [4.78, 5) is 2.25. The van der Waals surface area contributed by atoms with Crippen LogP contribution in [0.4, 0.5) is 17.1 Å². The Morgan fingerprint density at radius 2 is 1.80 bits per heavy atom. The molecule has 3 heteroatoms. The maximum atomic E-state index is 6.24. The Bertz CT molecular complexity index is 540. The Morgan fingerprint density at radius 1 is 1.05 bits per heavy atom. The number of hydrogen-bond acceptors (Lipinski definition) is 3. The van der Waals surface area contributed by atoms with Crippen molar-refractivity contribution in [1.82, 2.24) is 0 Å². The van der Waals surface area contributed by atoms with Crippen LogP contribution in [0.1, 0.15) is 19.8 Å². The molecule has 0 radical (unpaired) electrons. The van der Waals surface area contributed by atoms with E-state index in [2.05, 4.69) is 24.0 Å². The maximum Gasteiger partial charge on any atom is 0.143 e. The van der Waals surface area contributed by atoms with E-state index in [1.54, 1.807) is 7.11 Å². The van der Waals surface area contributed by atoms with Crippen molar-refractivity contribution in [2.45, 2.75) is 19.8 Å². The van der Waals surface area contributed by atoms with Gasteiger partial charge in [0, 0.05) is 12.2 Å². The molecule has 0 spiro atoms. The highest BCUT2D eigenvalue weighted by Gasteiger charge is 2.14. The van der Waals surface area contributed by atoms with Gasteiger partial charge in [0.15, 0.2) is 0 Å². The zero-order valence-electron chi connectivity index (χ0n) is 12.2. The van der Waals surface area contributed by atoms with E-state index in [0.29, 0.717) is 5.69 Å². The standard InChI is InChI=1S/C17H22N2O/c1-3-4-13-19(14-9-6-5-7-10-14)15-11-8-12-16(20-2)17(15)18/h5-12H,3-4,13,18H2,1-2H3. The summed E-state index contributed by atoms with van der Waals surface area (Å²) >= 11 is 0. The monoisotopic (exact) mass is 270 g/mol. The van der Waals surface area contributed by atoms with E-state index in [9.17, 15) is 0 Å². The number of nitrogens with zero attached hydrogens (tertiary/aromatic N) is 1. The quantitative estimate of drug-likeness (QED) is 0.799. The lowest BCUT2D eigenvalue weighted by Gasteiger charge is -2.27. The van der Waals surface area contributed by atoms with Gasteiger partial charge in [-0.2, -0.15) is 0 Å². The lowest BCUT2D eigenvalue weighted by Crippen LogP contribution is -2.19. The first kappa shape index (κ1) is 14.3. The molecular formula is C17H22N2O. The van der Waals surface area contributed by atoms with Gasteiger partial charge in [-0.05, 0) is 30.7 Å². The molecule has 0 aliphatic heterocycles. The second-order valence-electron chi connectivity index (χ2n) is 4.73. The van der Waals surface area contributed by atoms with Crippen LogP contribution in [-0.2, 0) is 0 Å². The fourth-order valence-electron chi connectivity index (χ4n) is 2.26. The molecule has 0 bridgehead atoms. The van der Waals surface area contributed by atoms with Gasteiger partial charge in [-0.1, -0.05) is 37.6 Å². The van der Waals surface area contributed by atoms with E-state index in [1.807, 2.05) is 36.4 Å². The predicted octanol–water partition coefficient (Wildman–Crippen LogP) is 4.22.